The summed E-state index contributed by atoms with van der Waals surface area (Å²) >= 11 is 0. The molecule has 2 aromatic carbocycles. The van der Waals surface area contributed by atoms with Gasteiger partial charge in [0.25, 0.3) is 10.1 Å². The Hall–Kier alpha value is -1.39. The standard InChI is InChI=1S/C18H24O3S/c1-3-5-7-14-11-16-9-10-18(22(19,20)21)13-17(16)12-15(14)8-6-4-2/h9-13H,3-8H2,1-2H3,(H,19,20,21). The van der Waals surface area contributed by atoms with E-state index in [2.05, 4.69) is 26.0 Å². The van der Waals surface area contributed by atoms with Crippen LogP contribution >= 0.6 is 0 Å². The molecule has 1 N–H and O–H groups in total. The van der Waals surface area contributed by atoms with E-state index in [1.54, 1.807) is 12.1 Å². The fraction of sp³-hybridized carbons (Fsp3) is 0.444. The molecule has 0 aliphatic carbocycles. The minimum absolute atomic E-state index is 0.0391. The van der Waals surface area contributed by atoms with Gasteiger partial charge in [0.1, 0.15) is 0 Å². The van der Waals surface area contributed by atoms with Gasteiger partial charge in [-0.15, -0.1) is 0 Å². The molecule has 0 aliphatic rings. The highest BCUT2D eigenvalue weighted by molar-refractivity contribution is 7.85. The number of unbranched alkanes of at least 4 members (excludes halogenated alkanes) is 2. The maximum atomic E-state index is 11.3. The van der Waals surface area contributed by atoms with E-state index in [1.165, 1.54) is 17.2 Å². The highest BCUT2D eigenvalue weighted by Gasteiger charge is 2.11. The Morgan fingerprint density at radius 3 is 1.91 bits per heavy atom. The highest BCUT2D eigenvalue weighted by Crippen LogP contribution is 2.25. The van der Waals surface area contributed by atoms with E-state index in [9.17, 15) is 13.0 Å². The van der Waals surface area contributed by atoms with Crippen molar-refractivity contribution in [3.05, 3.63) is 41.5 Å². The van der Waals surface area contributed by atoms with Gasteiger partial charge >= 0.3 is 0 Å². The van der Waals surface area contributed by atoms with Crippen LogP contribution in [0.5, 0.6) is 0 Å². The van der Waals surface area contributed by atoms with Crippen LogP contribution in [-0.4, -0.2) is 13.0 Å². The first kappa shape index (κ1) is 17.0. The quantitative estimate of drug-likeness (QED) is 0.747. The van der Waals surface area contributed by atoms with Gasteiger partial charge in [0, 0.05) is 0 Å². The van der Waals surface area contributed by atoms with Crippen molar-refractivity contribution in [1.29, 1.82) is 0 Å². The summed E-state index contributed by atoms with van der Waals surface area (Å²) in [7, 11) is -4.15. The second-order valence-electron chi connectivity index (χ2n) is 5.81. The average Bonchev–Trinajstić information content (AvgIpc) is 2.48. The van der Waals surface area contributed by atoms with E-state index >= 15 is 0 Å². The van der Waals surface area contributed by atoms with Crippen LogP contribution in [0.15, 0.2) is 35.2 Å². The van der Waals surface area contributed by atoms with Crippen LogP contribution in [0.3, 0.4) is 0 Å². The molecule has 120 valence electrons. The predicted octanol–water partition coefficient (Wildman–Crippen LogP) is 4.77. The molecule has 0 atom stereocenters. The third kappa shape index (κ3) is 4.08. The highest BCUT2D eigenvalue weighted by atomic mass is 32.2. The predicted molar refractivity (Wildman–Crippen MR) is 91.0 cm³/mol. The van der Waals surface area contributed by atoms with Gasteiger partial charge in [-0.05, 0) is 59.7 Å². The molecule has 2 rings (SSSR count). The Morgan fingerprint density at radius 1 is 0.864 bits per heavy atom. The molecular formula is C18H24O3S. The van der Waals surface area contributed by atoms with Gasteiger partial charge < -0.3 is 0 Å². The molecule has 2 aromatic rings. The topological polar surface area (TPSA) is 54.4 Å². The number of fused-ring (bicyclic) bond motifs is 1. The third-order valence-electron chi connectivity index (χ3n) is 4.03. The second-order valence-corrected chi connectivity index (χ2v) is 7.23. The summed E-state index contributed by atoms with van der Waals surface area (Å²) in [5.41, 5.74) is 2.66. The van der Waals surface area contributed by atoms with E-state index in [1.807, 2.05) is 0 Å². The van der Waals surface area contributed by atoms with Gasteiger partial charge in [0.05, 0.1) is 4.90 Å². The Morgan fingerprint density at radius 2 is 1.41 bits per heavy atom. The van der Waals surface area contributed by atoms with Crippen molar-refractivity contribution in [2.75, 3.05) is 0 Å². The third-order valence-corrected chi connectivity index (χ3v) is 4.88. The van der Waals surface area contributed by atoms with Gasteiger partial charge in [0.15, 0.2) is 0 Å². The van der Waals surface area contributed by atoms with Gasteiger partial charge in [-0.3, -0.25) is 4.55 Å². The Labute approximate surface area is 133 Å². The molecule has 0 fully saturated rings. The SMILES string of the molecule is CCCCc1cc2ccc(S(=O)(=O)O)cc2cc1CCCC. The van der Waals surface area contributed by atoms with E-state index < -0.39 is 10.1 Å². The molecular weight excluding hydrogens is 296 g/mol. The molecule has 0 saturated heterocycles. The summed E-state index contributed by atoms with van der Waals surface area (Å²) in [6, 6.07) is 9.06. The Kier molecular flexibility index (Phi) is 5.59. The lowest BCUT2D eigenvalue weighted by molar-refractivity contribution is 0.483. The molecule has 22 heavy (non-hydrogen) atoms. The van der Waals surface area contributed by atoms with E-state index in [4.69, 9.17) is 0 Å². The first-order valence-corrected chi connectivity index (χ1v) is 9.42. The number of rotatable bonds is 7. The molecule has 4 heteroatoms. The van der Waals surface area contributed by atoms with Gasteiger partial charge in [-0.2, -0.15) is 8.42 Å². The van der Waals surface area contributed by atoms with Crippen LogP contribution in [0.25, 0.3) is 10.8 Å². The summed E-state index contributed by atoms with van der Waals surface area (Å²) < 4.78 is 31.8. The van der Waals surface area contributed by atoms with E-state index in [-0.39, 0.29) is 4.90 Å². The van der Waals surface area contributed by atoms with Crippen LogP contribution in [0.4, 0.5) is 0 Å². The first-order valence-electron chi connectivity index (χ1n) is 7.98. The van der Waals surface area contributed by atoms with Crippen LogP contribution in [0.2, 0.25) is 0 Å². The number of aryl methyl sites for hydroxylation is 2. The van der Waals surface area contributed by atoms with Crippen LogP contribution in [0.1, 0.15) is 50.7 Å². The molecule has 0 saturated carbocycles. The molecule has 0 unspecified atom stereocenters. The van der Waals surface area contributed by atoms with Crippen LogP contribution < -0.4 is 0 Å². The summed E-state index contributed by atoms with van der Waals surface area (Å²) in [5, 5.41) is 1.90. The lowest BCUT2D eigenvalue weighted by atomic mass is 9.94. The van der Waals surface area contributed by atoms with Crippen molar-refractivity contribution in [3.63, 3.8) is 0 Å². The summed E-state index contributed by atoms with van der Waals surface area (Å²) in [6.07, 6.45) is 6.66. The van der Waals surface area contributed by atoms with Gasteiger partial charge in [-0.1, -0.05) is 44.9 Å². The molecule has 0 aromatic heterocycles. The van der Waals surface area contributed by atoms with Gasteiger partial charge in [0.2, 0.25) is 0 Å². The molecule has 0 heterocycles. The Balaban J connectivity index is 2.50. The van der Waals surface area contributed by atoms with Crippen molar-refractivity contribution in [2.45, 2.75) is 57.3 Å². The molecule has 0 radical (unpaired) electrons. The van der Waals surface area contributed by atoms with Crippen molar-refractivity contribution in [3.8, 4) is 0 Å². The minimum Gasteiger partial charge on any atom is -0.282 e. The molecule has 0 spiro atoms. The second kappa shape index (κ2) is 7.25. The number of hydrogen-bond acceptors (Lipinski definition) is 2. The summed E-state index contributed by atoms with van der Waals surface area (Å²) in [4.78, 5) is -0.0391. The van der Waals surface area contributed by atoms with Crippen molar-refractivity contribution in [2.24, 2.45) is 0 Å². The van der Waals surface area contributed by atoms with E-state index in [0.29, 0.717) is 0 Å². The van der Waals surface area contributed by atoms with Crippen LogP contribution in [-0.2, 0) is 23.0 Å². The van der Waals surface area contributed by atoms with Crippen molar-refractivity contribution in [1.82, 2.24) is 0 Å². The fourth-order valence-corrected chi connectivity index (χ4v) is 3.25. The zero-order chi connectivity index (χ0) is 16.2. The maximum Gasteiger partial charge on any atom is 0.294 e. The monoisotopic (exact) mass is 320 g/mol. The summed E-state index contributed by atoms with van der Waals surface area (Å²) in [6.45, 7) is 4.36. The number of hydrogen-bond donors (Lipinski definition) is 1. The lowest BCUT2D eigenvalue weighted by Crippen LogP contribution is -1.99. The molecule has 0 bridgehead atoms. The fourth-order valence-electron chi connectivity index (χ4n) is 2.73. The number of benzene rings is 2. The first-order chi connectivity index (χ1) is 10.5. The molecule has 0 aliphatic heterocycles. The van der Waals surface area contributed by atoms with Crippen molar-refractivity contribution >= 4 is 20.9 Å². The zero-order valence-electron chi connectivity index (χ0n) is 13.3. The molecule has 0 amide bonds. The van der Waals surface area contributed by atoms with Crippen LogP contribution in [0, 0.1) is 0 Å². The van der Waals surface area contributed by atoms with Crippen molar-refractivity contribution < 1.29 is 13.0 Å². The maximum absolute atomic E-state index is 11.3. The Bertz CT molecular complexity index is 748. The largest absolute Gasteiger partial charge is 0.294 e. The molecule has 3 nitrogen and oxygen atoms in total. The summed E-state index contributed by atoms with van der Waals surface area (Å²) in [5.74, 6) is 0. The normalized spacial score (nSPS) is 12.0. The average molecular weight is 320 g/mol. The van der Waals surface area contributed by atoms with Gasteiger partial charge in [-0.25, -0.2) is 0 Å². The van der Waals surface area contributed by atoms with E-state index in [0.717, 1.165) is 49.3 Å². The minimum atomic E-state index is -4.15. The smallest absolute Gasteiger partial charge is 0.282 e. The zero-order valence-corrected chi connectivity index (χ0v) is 14.1. The lowest BCUT2D eigenvalue weighted by Gasteiger charge is -2.12.